The van der Waals surface area contributed by atoms with Crippen LogP contribution in [0.4, 0.5) is 5.69 Å². The van der Waals surface area contributed by atoms with Crippen molar-refractivity contribution in [2.24, 2.45) is 5.92 Å². The fourth-order valence-corrected chi connectivity index (χ4v) is 4.31. The second-order valence-electron chi connectivity index (χ2n) is 7.68. The fourth-order valence-electron chi connectivity index (χ4n) is 4.31. The van der Waals surface area contributed by atoms with Gasteiger partial charge in [0.05, 0.1) is 13.2 Å². The summed E-state index contributed by atoms with van der Waals surface area (Å²) in [5.74, 6) is 0.562. The van der Waals surface area contributed by atoms with Gasteiger partial charge < -0.3 is 15.0 Å². The van der Waals surface area contributed by atoms with Gasteiger partial charge in [-0.05, 0) is 55.5 Å². The summed E-state index contributed by atoms with van der Waals surface area (Å²) < 4.78 is 5.80. The molecule has 2 atom stereocenters. The average molecular weight is 351 g/mol. The van der Waals surface area contributed by atoms with Crippen LogP contribution in [0.25, 0.3) is 0 Å². The minimum absolute atomic E-state index is 0.471. The highest BCUT2D eigenvalue weighted by molar-refractivity contribution is 5.53. The van der Waals surface area contributed by atoms with Gasteiger partial charge in [0.25, 0.3) is 0 Å². The molecule has 0 bridgehead atoms. The van der Waals surface area contributed by atoms with Gasteiger partial charge in [0, 0.05) is 49.2 Å². The molecule has 2 aromatic rings. The van der Waals surface area contributed by atoms with Crippen molar-refractivity contribution in [3.8, 4) is 0 Å². The number of hydrogen-bond acceptors (Lipinski definition) is 4. The van der Waals surface area contributed by atoms with E-state index in [9.17, 15) is 0 Å². The van der Waals surface area contributed by atoms with E-state index in [0.717, 1.165) is 32.7 Å². The Morgan fingerprint density at radius 3 is 2.62 bits per heavy atom. The topological polar surface area (TPSA) is 37.4 Å². The highest BCUT2D eigenvalue weighted by Gasteiger charge is 2.31. The van der Waals surface area contributed by atoms with Crippen LogP contribution in [0.5, 0.6) is 0 Å². The van der Waals surface area contributed by atoms with E-state index in [4.69, 9.17) is 4.74 Å². The Kier molecular flexibility index (Phi) is 5.51. The maximum atomic E-state index is 5.80. The second-order valence-corrected chi connectivity index (χ2v) is 7.68. The molecule has 1 N–H and O–H groups in total. The minimum atomic E-state index is 0.471. The first kappa shape index (κ1) is 17.5. The summed E-state index contributed by atoms with van der Waals surface area (Å²) in [4.78, 5) is 6.65. The van der Waals surface area contributed by atoms with Gasteiger partial charge in [-0.1, -0.05) is 18.2 Å². The molecule has 2 aliphatic rings. The summed E-state index contributed by atoms with van der Waals surface area (Å²) in [7, 11) is 0. The third kappa shape index (κ3) is 4.08. The van der Waals surface area contributed by atoms with E-state index in [0.29, 0.717) is 18.0 Å². The van der Waals surface area contributed by atoms with Gasteiger partial charge in [-0.3, -0.25) is 4.98 Å². The molecule has 26 heavy (non-hydrogen) atoms. The zero-order valence-electron chi connectivity index (χ0n) is 15.6. The minimum Gasteiger partial charge on any atom is -0.379 e. The number of aryl methyl sites for hydroxylation is 1. The maximum absolute atomic E-state index is 5.80. The molecule has 138 valence electrons. The molecule has 0 radical (unpaired) electrons. The molecule has 0 amide bonds. The van der Waals surface area contributed by atoms with Crippen molar-refractivity contribution in [1.29, 1.82) is 0 Å². The van der Waals surface area contributed by atoms with Crippen LogP contribution in [0.2, 0.25) is 0 Å². The standard InChI is InChI=1S/C22H29N3O/c1-17-4-2-3-5-22(17)25-12-8-20(9-13-25)24-21-16-26-15-19(21)14-18-6-10-23-11-7-18/h2-7,10-11,19-21,24H,8-9,12-16H2,1H3/t19-,21-/m1/s1. The largest absolute Gasteiger partial charge is 0.379 e. The Bertz CT molecular complexity index is 698. The molecule has 3 heterocycles. The van der Waals surface area contributed by atoms with E-state index in [1.54, 1.807) is 0 Å². The quantitative estimate of drug-likeness (QED) is 0.898. The van der Waals surface area contributed by atoms with Crippen molar-refractivity contribution in [2.45, 2.75) is 38.3 Å². The van der Waals surface area contributed by atoms with Crippen LogP contribution in [0.15, 0.2) is 48.8 Å². The first-order chi connectivity index (χ1) is 12.8. The summed E-state index contributed by atoms with van der Waals surface area (Å²) in [6.45, 7) is 6.17. The number of nitrogens with zero attached hydrogens (tertiary/aromatic N) is 2. The molecule has 0 spiro atoms. The van der Waals surface area contributed by atoms with E-state index >= 15 is 0 Å². The summed E-state index contributed by atoms with van der Waals surface area (Å²) in [5.41, 5.74) is 4.13. The number of anilines is 1. The van der Waals surface area contributed by atoms with Crippen LogP contribution in [-0.4, -0.2) is 43.4 Å². The van der Waals surface area contributed by atoms with Crippen LogP contribution in [0, 0.1) is 12.8 Å². The lowest BCUT2D eigenvalue weighted by molar-refractivity contribution is 0.181. The maximum Gasteiger partial charge on any atom is 0.0623 e. The van der Waals surface area contributed by atoms with E-state index < -0.39 is 0 Å². The third-order valence-corrected chi connectivity index (χ3v) is 5.85. The third-order valence-electron chi connectivity index (χ3n) is 5.85. The van der Waals surface area contributed by atoms with Crippen molar-refractivity contribution >= 4 is 5.69 Å². The zero-order chi connectivity index (χ0) is 17.8. The normalized spacial score (nSPS) is 24.1. The van der Waals surface area contributed by atoms with Crippen LogP contribution in [0.1, 0.15) is 24.0 Å². The number of rotatable bonds is 5. The average Bonchev–Trinajstić information content (AvgIpc) is 3.10. The molecular formula is C22H29N3O. The Balaban J connectivity index is 1.30. The highest BCUT2D eigenvalue weighted by atomic mass is 16.5. The van der Waals surface area contributed by atoms with Crippen molar-refractivity contribution in [3.05, 3.63) is 59.9 Å². The Morgan fingerprint density at radius 1 is 1.08 bits per heavy atom. The number of para-hydroxylation sites is 1. The van der Waals surface area contributed by atoms with Gasteiger partial charge in [-0.2, -0.15) is 0 Å². The van der Waals surface area contributed by atoms with E-state index in [1.807, 2.05) is 12.4 Å². The van der Waals surface area contributed by atoms with E-state index in [-0.39, 0.29) is 0 Å². The van der Waals surface area contributed by atoms with Gasteiger partial charge in [-0.15, -0.1) is 0 Å². The second kappa shape index (κ2) is 8.19. The molecule has 2 fully saturated rings. The molecule has 0 saturated carbocycles. The lowest BCUT2D eigenvalue weighted by Crippen LogP contribution is -2.48. The number of benzene rings is 1. The SMILES string of the molecule is Cc1ccccc1N1CCC(N[C@@H]2COC[C@H]2Cc2ccncc2)CC1. The fraction of sp³-hybridized carbons (Fsp3) is 0.500. The lowest BCUT2D eigenvalue weighted by Gasteiger charge is -2.36. The molecule has 0 aliphatic carbocycles. The van der Waals surface area contributed by atoms with Gasteiger partial charge in [0.15, 0.2) is 0 Å². The number of piperidine rings is 1. The molecule has 1 aromatic carbocycles. The predicted molar refractivity (Wildman–Crippen MR) is 106 cm³/mol. The first-order valence-corrected chi connectivity index (χ1v) is 9.83. The molecule has 2 saturated heterocycles. The molecular weight excluding hydrogens is 322 g/mol. The van der Waals surface area contributed by atoms with Gasteiger partial charge in [-0.25, -0.2) is 0 Å². The number of ether oxygens (including phenoxy) is 1. The smallest absolute Gasteiger partial charge is 0.0623 e. The number of aromatic nitrogens is 1. The van der Waals surface area contributed by atoms with Gasteiger partial charge in [0.2, 0.25) is 0 Å². The van der Waals surface area contributed by atoms with Crippen LogP contribution in [0.3, 0.4) is 0 Å². The van der Waals surface area contributed by atoms with Crippen molar-refractivity contribution < 1.29 is 4.74 Å². The van der Waals surface area contributed by atoms with Crippen molar-refractivity contribution in [1.82, 2.24) is 10.3 Å². The van der Waals surface area contributed by atoms with E-state index in [1.165, 1.54) is 29.7 Å². The van der Waals surface area contributed by atoms with E-state index in [2.05, 4.69) is 58.5 Å². The van der Waals surface area contributed by atoms with Gasteiger partial charge >= 0.3 is 0 Å². The van der Waals surface area contributed by atoms with Gasteiger partial charge in [0.1, 0.15) is 0 Å². The van der Waals surface area contributed by atoms with Crippen LogP contribution >= 0.6 is 0 Å². The molecule has 4 nitrogen and oxygen atoms in total. The zero-order valence-corrected chi connectivity index (χ0v) is 15.6. The predicted octanol–water partition coefficient (Wildman–Crippen LogP) is 3.21. The number of hydrogen-bond donors (Lipinski definition) is 1. The summed E-state index contributed by atoms with van der Waals surface area (Å²) in [5, 5.41) is 3.91. The number of pyridine rings is 1. The Hall–Kier alpha value is -1.91. The van der Waals surface area contributed by atoms with Crippen LogP contribution in [-0.2, 0) is 11.2 Å². The van der Waals surface area contributed by atoms with Crippen LogP contribution < -0.4 is 10.2 Å². The highest BCUT2D eigenvalue weighted by Crippen LogP contribution is 2.25. The summed E-state index contributed by atoms with van der Waals surface area (Å²) in [6, 6.07) is 14.0. The molecule has 2 aliphatic heterocycles. The molecule has 4 rings (SSSR count). The number of nitrogens with one attached hydrogen (secondary N) is 1. The molecule has 1 aromatic heterocycles. The molecule has 4 heteroatoms. The van der Waals surface area contributed by atoms with Crippen molar-refractivity contribution in [3.63, 3.8) is 0 Å². The Morgan fingerprint density at radius 2 is 1.85 bits per heavy atom. The van der Waals surface area contributed by atoms with Crippen molar-refractivity contribution in [2.75, 3.05) is 31.2 Å². The summed E-state index contributed by atoms with van der Waals surface area (Å²) in [6.07, 6.45) is 7.24. The lowest BCUT2D eigenvalue weighted by atomic mass is 9.93. The Labute approximate surface area is 156 Å². The monoisotopic (exact) mass is 351 g/mol. The first-order valence-electron chi connectivity index (χ1n) is 9.83. The summed E-state index contributed by atoms with van der Waals surface area (Å²) >= 11 is 0. The molecule has 0 unspecified atom stereocenters.